The Morgan fingerprint density at radius 3 is 2.50 bits per heavy atom. The average molecular weight is 224 g/mol. The summed E-state index contributed by atoms with van der Waals surface area (Å²) < 4.78 is 1.77. The number of aromatic nitrogens is 1. The molecule has 1 rings (SSSR count). The Bertz CT molecular complexity index is 345. The van der Waals surface area contributed by atoms with E-state index in [4.69, 9.17) is 0 Å². The van der Waals surface area contributed by atoms with Crippen molar-refractivity contribution in [2.75, 3.05) is 6.61 Å². The molecule has 90 valence electrons. The van der Waals surface area contributed by atoms with Gasteiger partial charge in [-0.05, 0) is 25.0 Å². The molecule has 0 spiro atoms. The maximum atomic E-state index is 12.0. The van der Waals surface area contributed by atoms with Crippen LogP contribution in [0.15, 0.2) is 18.3 Å². The molecule has 16 heavy (non-hydrogen) atoms. The van der Waals surface area contributed by atoms with E-state index >= 15 is 0 Å². The smallest absolute Gasteiger partial charge is 0.268 e. The lowest BCUT2D eigenvalue weighted by Gasteiger charge is -2.30. The summed E-state index contributed by atoms with van der Waals surface area (Å²) in [6.07, 6.45) is 3.26. The number of nitrogens with zero attached hydrogens (tertiary/aromatic N) is 1. The Labute approximate surface area is 96.3 Å². The van der Waals surface area contributed by atoms with Gasteiger partial charge in [-0.15, -0.1) is 0 Å². The summed E-state index contributed by atoms with van der Waals surface area (Å²) in [5.74, 6) is -0.134. The van der Waals surface area contributed by atoms with Crippen LogP contribution >= 0.6 is 0 Å². The van der Waals surface area contributed by atoms with Gasteiger partial charge in [0.25, 0.3) is 5.91 Å². The second kappa shape index (κ2) is 5.16. The molecule has 0 bridgehead atoms. The van der Waals surface area contributed by atoms with Crippen LogP contribution in [0.3, 0.4) is 0 Å². The lowest BCUT2D eigenvalue weighted by molar-refractivity contribution is 0.0809. The van der Waals surface area contributed by atoms with Gasteiger partial charge < -0.3 is 15.0 Å². The molecule has 2 N–H and O–H groups in total. The van der Waals surface area contributed by atoms with Gasteiger partial charge in [0.15, 0.2) is 0 Å². The third-order valence-corrected chi connectivity index (χ3v) is 3.21. The fourth-order valence-electron chi connectivity index (χ4n) is 1.69. The van der Waals surface area contributed by atoms with Crippen LogP contribution < -0.4 is 5.32 Å². The van der Waals surface area contributed by atoms with E-state index in [1.165, 1.54) is 0 Å². The number of carbonyl (C=O) groups is 1. The first-order chi connectivity index (χ1) is 7.58. The first-order valence-corrected chi connectivity index (χ1v) is 5.63. The number of aliphatic hydroxyl groups is 1. The molecule has 0 aromatic carbocycles. The molecule has 0 saturated heterocycles. The Kier molecular flexibility index (Phi) is 4.12. The minimum atomic E-state index is -0.499. The maximum absolute atomic E-state index is 12.0. The van der Waals surface area contributed by atoms with Crippen molar-refractivity contribution >= 4 is 5.91 Å². The Hall–Kier alpha value is -1.29. The summed E-state index contributed by atoms with van der Waals surface area (Å²) in [5, 5.41) is 12.3. The molecule has 1 amide bonds. The van der Waals surface area contributed by atoms with E-state index in [9.17, 15) is 9.90 Å². The SMILES string of the molecule is CCC(CC)(CO)NC(=O)c1cccn1C. The second-order valence-electron chi connectivity index (χ2n) is 4.10. The van der Waals surface area contributed by atoms with Gasteiger partial charge in [0.05, 0.1) is 12.1 Å². The van der Waals surface area contributed by atoms with Gasteiger partial charge in [-0.2, -0.15) is 0 Å². The Morgan fingerprint density at radius 2 is 2.12 bits per heavy atom. The first kappa shape index (κ1) is 12.8. The fourth-order valence-corrected chi connectivity index (χ4v) is 1.69. The van der Waals surface area contributed by atoms with Gasteiger partial charge in [-0.3, -0.25) is 4.79 Å². The highest BCUT2D eigenvalue weighted by Gasteiger charge is 2.28. The predicted molar refractivity (Wildman–Crippen MR) is 63.3 cm³/mol. The van der Waals surface area contributed by atoms with Crippen molar-refractivity contribution in [1.29, 1.82) is 0 Å². The molecular weight excluding hydrogens is 204 g/mol. The van der Waals surface area contributed by atoms with E-state index in [2.05, 4.69) is 5.32 Å². The van der Waals surface area contributed by atoms with Crippen molar-refractivity contribution in [3.63, 3.8) is 0 Å². The van der Waals surface area contributed by atoms with Crippen LogP contribution in [-0.2, 0) is 7.05 Å². The summed E-state index contributed by atoms with van der Waals surface area (Å²) in [7, 11) is 1.83. The Morgan fingerprint density at radius 1 is 1.50 bits per heavy atom. The van der Waals surface area contributed by atoms with E-state index in [-0.39, 0.29) is 12.5 Å². The van der Waals surface area contributed by atoms with E-state index in [0.29, 0.717) is 5.69 Å². The van der Waals surface area contributed by atoms with Crippen LogP contribution in [0.4, 0.5) is 0 Å². The molecule has 1 aromatic rings. The Balaban J connectivity index is 2.81. The van der Waals surface area contributed by atoms with Crippen LogP contribution in [-0.4, -0.2) is 27.7 Å². The van der Waals surface area contributed by atoms with Crippen LogP contribution in [0.2, 0.25) is 0 Å². The second-order valence-corrected chi connectivity index (χ2v) is 4.10. The van der Waals surface area contributed by atoms with Crippen molar-refractivity contribution in [2.45, 2.75) is 32.2 Å². The lowest BCUT2D eigenvalue weighted by Crippen LogP contribution is -2.50. The summed E-state index contributed by atoms with van der Waals surface area (Å²) in [6, 6.07) is 3.59. The number of rotatable bonds is 5. The summed E-state index contributed by atoms with van der Waals surface area (Å²) in [4.78, 5) is 12.0. The van der Waals surface area contributed by atoms with Crippen molar-refractivity contribution in [2.24, 2.45) is 7.05 Å². The van der Waals surface area contributed by atoms with E-state index in [1.54, 1.807) is 10.6 Å². The molecule has 0 aliphatic heterocycles. The summed E-state index contributed by atoms with van der Waals surface area (Å²) in [6.45, 7) is 3.89. The minimum absolute atomic E-state index is 0.0316. The molecule has 4 nitrogen and oxygen atoms in total. The molecule has 1 heterocycles. The highest BCUT2D eigenvalue weighted by atomic mass is 16.3. The lowest BCUT2D eigenvalue weighted by atomic mass is 9.94. The molecule has 0 aliphatic rings. The molecular formula is C12H20N2O2. The van der Waals surface area contributed by atoms with Gasteiger partial charge in [-0.25, -0.2) is 0 Å². The monoisotopic (exact) mass is 224 g/mol. The van der Waals surface area contributed by atoms with Gasteiger partial charge in [0, 0.05) is 13.2 Å². The zero-order valence-corrected chi connectivity index (χ0v) is 10.2. The maximum Gasteiger partial charge on any atom is 0.268 e. The van der Waals surface area contributed by atoms with Gasteiger partial charge in [-0.1, -0.05) is 13.8 Å². The molecule has 0 fully saturated rings. The molecule has 0 saturated carbocycles. The van der Waals surface area contributed by atoms with Crippen LogP contribution in [0.25, 0.3) is 0 Å². The first-order valence-electron chi connectivity index (χ1n) is 5.63. The quantitative estimate of drug-likeness (QED) is 0.792. The normalized spacial score (nSPS) is 11.5. The minimum Gasteiger partial charge on any atom is -0.394 e. The van der Waals surface area contributed by atoms with Gasteiger partial charge in [0.1, 0.15) is 5.69 Å². The van der Waals surface area contributed by atoms with Crippen molar-refractivity contribution in [3.8, 4) is 0 Å². The average Bonchev–Trinajstić information content (AvgIpc) is 2.72. The number of carbonyl (C=O) groups excluding carboxylic acids is 1. The zero-order valence-electron chi connectivity index (χ0n) is 10.2. The van der Waals surface area contributed by atoms with Crippen LogP contribution in [0.1, 0.15) is 37.2 Å². The van der Waals surface area contributed by atoms with Crippen molar-refractivity contribution in [3.05, 3.63) is 24.0 Å². The van der Waals surface area contributed by atoms with E-state index < -0.39 is 5.54 Å². The largest absolute Gasteiger partial charge is 0.394 e. The third kappa shape index (κ3) is 2.44. The number of aryl methyl sites for hydroxylation is 1. The van der Waals surface area contributed by atoms with Crippen molar-refractivity contribution in [1.82, 2.24) is 9.88 Å². The fraction of sp³-hybridized carbons (Fsp3) is 0.583. The van der Waals surface area contributed by atoms with Crippen molar-refractivity contribution < 1.29 is 9.90 Å². The van der Waals surface area contributed by atoms with Gasteiger partial charge >= 0.3 is 0 Å². The molecule has 4 heteroatoms. The number of hydrogen-bond donors (Lipinski definition) is 2. The topological polar surface area (TPSA) is 54.3 Å². The number of aliphatic hydroxyl groups excluding tert-OH is 1. The molecule has 0 aliphatic carbocycles. The molecule has 1 aromatic heterocycles. The van der Waals surface area contributed by atoms with E-state index in [0.717, 1.165) is 12.8 Å². The molecule has 0 radical (unpaired) electrons. The zero-order chi connectivity index (χ0) is 12.2. The standard InChI is InChI=1S/C12H20N2O2/c1-4-12(5-2,9-15)13-11(16)10-7-6-8-14(10)3/h6-8,15H,4-5,9H2,1-3H3,(H,13,16). The highest BCUT2D eigenvalue weighted by molar-refractivity contribution is 5.93. The molecule has 0 atom stereocenters. The van der Waals surface area contributed by atoms with Crippen LogP contribution in [0, 0.1) is 0 Å². The summed E-state index contributed by atoms with van der Waals surface area (Å²) in [5.41, 5.74) is 0.112. The molecule has 0 unspecified atom stereocenters. The third-order valence-electron chi connectivity index (χ3n) is 3.21. The van der Waals surface area contributed by atoms with Crippen LogP contribution in [0.5, 0.6) is 0 Å². The van der Waals surface area contributed by atoms with Gasteiger partial charge in [0.2, 0.25) is 0 Å². The number of hydrogen-bond acceptors (Lipinski definition) is 2. The summed E-state index contributed by atoms with van der Waals surface area (Å²) >= 11 is 0. The number of nitrogens with one attached hydrogen (secondary N) is 1. The highest BCUT2D eigenvalue weighted by Crippen LogP contribution is 2.15. The van der Waals surface area contributed by atoms with E-state index in [1.807, 2.05) is 33.2 Å². The predicted octanol–water partition coefficient (Wildman–Crippen LogP) is 1.31. The number of amides is 1.